The summed E-state index contributed by atoms with van der Waals surface area (Å²) in [5.74, 6) is 0.558. The lowest BCUT2D eigenvalue weighted by molar-refractivity contribution is -0.122. The molecule has 1 aliphatic rings. The zero-order valence-electron chi connectivity index (χ0n) is 9.23. The van der Waals surface area contributed by atoms with Crippen molar-refractivity contribution >= 4 is 17.7 Å². The summed E-state index contributed by atoms with van der Waals surface area (Å²) in [5, 5.41) is 2.92. The van der Waals surface area contributed by atoms with Gasteiger partial charge in [-0.3, -0.25) is 4.79 Å². The largest absolute Gasteiger partial charge is 0.377 e. The summed E-state index contributed by atoms with van der Waals surface area (Å²) < 4.78 is 5.00. The van der Waals surface area contributed by atoms with E-state index < -0.39 is 0 Å². The van der Waals surface area contributed by atoms with Gasteiger partial charge in [0.2, 0.25) is 5.91 Å². The van der Waals surface area contributed by atoms with E-state index in [0.717, 1.165) is 0 Å². The number of carbonyl (C=O) groups excluding carboxylic acids is 1. The molecule has 1 N–H and O–H groups in total. The van der Waals surface area contributed by atoms with Crippen LogP contribution in [0.1, 0.15) is 5.56 Å². The Bertz CT molecular complexity index is 377. The van der Waals surface area contributed by atoms with Crippen LogP contribution in [0, 0.1) is 6.92 Å². The van der Waals surface area contributed by atoms with Crippen LogP contribution in [0.4, 0.5) is 0 Å². The van der Waals surface area contributed by atoms with Crippen LogP contribution in [0.5, 0.6) is 0 Å². The molecule has 86 valence electrons. The number of amides is 1. The number of hydrogen-bond acceptors (Lipinski definition) is 3. The fraction of sp³-hybridized carbons (Fsp3) is 0.417. The van der Waals surface area contributed by atoms with Crippen LogP contribution >= 0.6 is 11.8 Å². The molecule has 0 spiro atoms. The van der Waals surface area contributed by atoms with Crippen LogP contribution in [0.2, 0.25) is 0 Å². The molecule has 1 fully saturated rings. The molecule has 0 bridgehead atoms. The highest BCUT2D eigenvalue weighted by Crippen LogP contribution is 2.21. The van der Waals surface area contributed by atoms with E-state index in [9.17, 15) is 4.79 Å². The Morgan fingerprint density at radius 1 is 1.50 bits per heavy atom. The van der Waals surface area contributed by atoms with Crippen molar-refractivity contribution in [3.63, 3.8) is 0 Å². The minimum absolute atomic E-state index is 0.0848. The van der Waals surface area contributed by atoms with E-state index in [-0.39, 0.29) is 11.9 Å². The monoisotopic (exact) mass is 237 g/mol. The van der Waals surface area contributed by atoms with Crippen molar-refractivity contribution in [1.29, 1.82) is 0 Å². The van der Waals surface area contributed by atoms with Gasteiger partial charge in [-0.25, -0.2) is 0 Å². The van der Waals surface area contributed by atoms with Gasteiger partial charge in [-0.2, -0.15) is 0 Å². The van der Waals surface area contributed by atoms with Gasteiger partial charge in [0.05, 0.1) is 25.0 Å². The van der Waals surface area contributed by atoms with E-state index in [0.29, 0.717) is 19.0 Å². The van der Waals surface area contributed by atoms with E-state index >= 15 is 0 Å². The van der Waals surface area contributed by atoms with Crippen molar-refractivity contribution in [3.8, 4) is 0 Å². The zero-order chi connectivity index (χ0) is 11.4. The minimum atomic E-state index is 0.0848. The molecule has 0 atom stereocenters. The third kappa shape index (κ3) is 3.00. The quantitative estimate of drug-likeness (QED) is 0.808. The Hall–Kier alpha value is -1.00. The SMILES string of the molecule is Cc1ccccc1SCC(=O)NC1COC1. The lowest BCUT2D eigenvalue weighted by Gasteiger charge is -2.26. The maximum absolute atomic E-state index is 11.5. The number of carbonyl (C=O) groups is 1. The van der Waals surface area contributed by atoms with Crippen LogP contribution in [-0.4, -0.2) is 30.9 Å². The summed E-state index contributed by atoms with van der Waals surface area (Å²) >= 11 is 1.58. The molecule has 3 nitrogen and oxygen atoms in total. The highest BCUT2D eigenvalue weighted by molar-refractivity contribution is 8.00. The van der Waals surface area contributed by atoms with Gasteiger partial charge in [-0.05, 0) is 18.6 Å². The first-order chi connectivity index (χ1) is 7.75. The number of benzene rings is 1. The van der Waals surface area contributed by atoms with Gasteiger partial charge in [-0.1, -0.05) is 18.2 Å². The second kappa shape index (κ2) is 5.37. The van der Waals surface area contributed by atoms with Crippen LogP contribution in [0.3, 0.4) is 0 Å². The van der Waals surface area contributed by atoms with E-state index in [1.807, 2.05) is 18.2 Å². The van der Waals surface area contributed by atoms with Gasteiger partial charge >= 0.3 is 0 Å². The fourth-order valence-corrected chi connectivity index (χ4v) is 2.29. The molecule has 1 heterocycles. The standard InChI is InChI=1S/C12H15NO2S/c1-9-4-2-3-5-11(9)16-8-12(14)13-10-6-15-7-10/h2-5,10H,6-8H2,1H3,(H,13,14). The fourth-order valence-electron chi connectivity index (χ4n) is 1.45. The third-order valence-electron chi connectivity index (χ3n) is 2.46. The Labute approximate surface area is 99.6 Å². The summed E-state index contributed by atoms with van der Waals surface area (Å²) in [4.78, 5) is 12.7. The molecule has 1 aromatic rings. The molecule has 0 aliphatic carbocycles. The topological polar surface area (TPSA) is 38.3 Å². The first kappa shape index (κ1) is 11.5. The number of aryl methyl sites for hydroxylation is 1. The normalized spacial score (nSPS) is 15.6. The molecule has 4 heteroatoms. The molecule has 0 aromatic heterocycles. The Morgan fingerprint density at radius 3 is 2.88 bits per heavy atom. The number of rotatable bonds is 4. The van der Waals surface area contributed by atoms with Crippen molar-refractivity contribution in [2.75, 3.05) is 19.0 Å². The predicted molar refractivity (Wildman–Crippen MR) is 64.7 cm³/mol. The highest BCUT2D eigenvalue weighted by atomic mass is 32.2. The molecular weight excluding hydrogens is 222 g/mol. The lowest BCUT2D eigenvalue weighted by Crippen LogP contribution is -2.49. The molecule has 0 radical (unpaired) electrons. The van der Waals surface area contributed by atoms with Crippen molar-refractivity contribution in [2.45, 2.75) is 17.9 Å². The van der Waals surface area contributed by atoms with Crippen LogP contribution in [0.15, 0.2) is 29.2 Å². The predicted octanol–water partition coefficient (Wildman–Crippen LogP) is 1.60. The summed E-state index contributed by atoms with van der Waals surface area (Å²) in [6, 6.07) is 8.32. The summed E-state index contributed by atoms with van der Waals surface area (Å²) in [6.45, 7) is 3.36. The van der Waals surface area contributed by atoms with Crippen LogP contribution in [-0.2, 0) is 9.53 Å². The van der Waals surface area contributed by atoms with Crippen molar-refractivity contribution in [3.05, 3.63) is 29.8 Å². The maximum Gasteiger partial charge on any atom is 0.230 e. The second-order valence-corrected chi connectivity index (χ2v) is 4.87. The van der Waals surface area contributed by atoms with E-state index in [1.165, 1.54) is 10.5 Å². The molecule has 1 amide bonds. The van der Waals surface area contributed by atoms with Gasteiger partial charge in [0.15, 0.2) is 0 Å². The average Bonchev–Trinajstić information content (AvgIpc) is 2.22. The molecule has 0 unspecified atom stereocenters. The smallest absolute Gasteiger partial charge is 0.230 e. The molecule has 0 saturated carbocycles. The van der Waals surface area contributed by atoms with Crippen molar-refractivity contribution in [1.82, 2.24) is 5.32 Å². The highest BCUT2D eigenvalue weighted by Gasteiger charge is 2.20. The van der Waals surface area contributed by atoms with Crippen molar-refractivity contribution in [2.24, 2.45) is 0 Å². The maximum atomic E-state index is 11.5. The molecule has 1 saturated heterocycles. The Kier molecular flexibility index (Phi) is 3.85. The first-order valence-corrected chi connectivity index (χ1v) is 6.30. The first-order valence-electron chi connectivity index (χ1n) is 5.31. The van der Waals surface area contributed by atoms with Gasteiger partial charge in [0.1, 0.15) is 0 Å². The van der Waals surface area contributed by atoms with Gasteiger partial charge in [0, 0.05) is 4.90 Å². The summed E-state index contributed by atoms with van der Waals surface area (Å²) in [6.07, 6.45) is 0. The molecule has 1 aromatic carbocycles. The number of nitrogens with one attached hydrogen (secondary N) is 1. The van der Waals surface area contributed by atoms with Gasteiger partial charge in [-0.15, -0.1) is 11.8 Å². The minimum Gasteiger partial charge on any atom is -0.377 e. The van der Waals surface area contributed by atoms with E-state index in [2.05, 4.69) is 18.3 Å². The zero-order valence-corrected chi connectivity index (χ0v) is 10.0. The lowest BCUT2D eigenvalue weighted by atomic mass is 10.2. The molecule has 16 heavy (non-hydrogen) atoms. The molecule has 1 aliphatic heterocycles. The summed E-state index contributed by atoms with van der Waals surface area (Å²) in [7, 11) is 0. The van der Waals surface area contributed by atoms with Crippen LogP contribution < -0.4 is 5.32 Å². The number of hydrogen-bond donors (Lipinski definition) is 1. The average molecular weight is 237 g/mol. The number of ether oxygens (including phenoxy) is 1. The van der Waals surface area contributed by atoms with Crippen molar-refractivity contribution < 1.29 is 9.53 Å². The van der Waals surface area contributed by atoms with Crippen LogP contribution in [0.25, 0.3) is 0 Å². The van der Waals surface area contributed by atoms with Gasteiger partial charge < -0.3 is 10.1 Å². The Balaban J connectivity index is 1.78. The Morgan fingerprint density at radius 2 is 2.25 bits per heavy atom. The van der Waals surface area contributed by atoms with E-state index in [4.69, 9.17) is 4.74 Å². The summed E-state index contributed by atoms with van der Waals surface area (Å²) in [5.41, 5.74) is 1.22. The second-order valence-electron chi connectivity index (χ2n) is 3.86. The third-order valence-corrected chi connectivity index (χ3v) is 3.63. The van der Waals surface area contributed by atoms with Gasteiger partial charge in [0.25, 0.3) is 0 Å². The molecular formula is C12H15NO2S. The van der Waals surface area contributed by atoms with E-state index in [1.54, 1.807) is 11.8 Å². The number of thioether (sulfide) groups is 1. The molecule has 2 rings (SSSR count).